The van der Waals surface area contributed by atoms with Gasteiger partial charge in [-0.1, -0.05) is 23.7 Å². The van der Waals surface area contributed by atoms with Crippen LogP contribution >= 0.6 is 11.6 Å². The zero-order valence-electron chi connectivity index (χ0n) is 11.1. The van der Waals surface area contributed by atoms with E-state index < -0.39 is 0 Å². The number of hydrogen-bond acceptors (Lipinski definition) is 5. The van der Waals surface area contributed by atoms with Crippen LogP contribution in [0.3, 0.4) is 0 Å². The molecule has 2 aromatic rings. The van der Waals surface area contributed by atoms with E-state index in [1.54, 1.807) is 0 Å². The van der Waals surface area contributed by atoms with Gasteiger partial charge in [0.25, 0.3) is 0 Å². The Hall–Kier alpha value is -1.85. The van der Waals surface area contributed by atoms with E-state index in [4.69, 9.17) is 21.4 Å². The van der Waals surface area contributed by atoms with Gasteiger partial charge >= 0.3 is 0 Å². The maximum Gasteiger partial charge on any atom is 0.243 e. The molecule has 1 aromatic carbocycles. The first-order valence-corrected chi connectivity index (χ1v) is 6.74. The molecule has 1 aromatic heterocycles. The molecule has 0 saturated heterocycles. The Kier molecular flexibility index (Phi) is 5.15. The number of aromatic nitrogens is 2. The summed E-state index contributed by atoms with van der Waals surface area (Å²) in [6, 6.07) is 7.42. The number of halogens is 1. The molecule has 0 aliphatic carbocycles. The lowest BCUT2D eigenvalue weighted by molar-refractivity contribution is 0.299. The average molecular weight is 294 g/mol. The van der Waals surface area contributed by atoms with Crippen molar-refractivity contribution in [1.29, 1.82) is 0 Å². The van der Waals surface area contributed by atoms with Gasteiger partial charge < -0.3 is 15.2 Å². The van der Waals surface area contributed by atoms with Crippen LogP contribution in [0.4, 0.5) is 5.95 Å². The van der Waals surface area contributed by atoms with Crippen LogP contribution in [-0.4, -0.2) is 28.2 Å². The second kappa shape index (κ2) is 7.07. The molecular weight excluding hydrogens is 278 g/mol. The summed E-state index contributed by atoms with van der Waals surface area (Å²) in [5.74, 6) is 1.42. The highest BCUT2D eigenvalue weighted by molar-refractivity contribution is 6.31. The second-order valence-corrected chi connectivity index (χ2v) is 4.50. The van der Waals surface area contributed by atoms with Crippen LogP contribution in [0.2, 0.25) is 5.02 Å². The minimum absolute atomic E-state index is 0.129. The monoisotopic (exact) mass is 293 g/mol. The summed E-state index contributed by atoms with van der Waals surface area (Å²) in [5, 5.41) is 12.2. The van der Waals surface area contributed by atoms with E-state index in [0.29, 0.717) is 29.0 Å². The zero-order valence-corrected chi connectivity index (χ0v) is 11.9. The Morgan fingerprint density at radius 3 is 2.70 bits per heavy atom. The van der Waals surface area contributed by atoms with Gasteiger partial charge in [0.15, 0.2) is 0 Å². The third-order valence-corrected chi connectivity index (χ3v) is 2.84. The smallest absolute Gasteiger partial charge is 0.243 e. The predicted octanol–water partition coefficient (Wildman–Crippen LogP) is 2.89. The standard InChI is InChI=1S/C14H16ClN3O2/c1-2-16-14-17-9-12(15)13(18-14)20-11-5-3-10(4-6-11)7-8-19/h3-6,9,19H,2,7-8H2,1H3,(H,16,17,18). The first-order chi connectivity index (χ1) is 9.72. The summed E-state index contributed by atoms with van der Waals surface area (Å²) >= 11 is 6.02. The van der Waals surface area contributed by atoms with Crippen molar-refractivity contribution in [3.8, 4) is 11.6 Å². The maximum absolute atomic E-state index is 8.87. The molecule has 6 heteroatoms. The molecule has 0 aliphatic heterocycles. The largest absolute Gasteiger partial charge is 0.437 e. The number of anilines is 1. The molecule has 0 aliphatic rings. The molecule has 0 amide bonds. The minimum atomic E-state index is 0.129. The molecule has 0 bridgehead atoms. The Morgan fingerprint density at radius 1 is 1.30 bits per heavy atom. The summed E-state index contributed by atoms with van der Waals surface area (Å²) in [6.45, 7) is 2.80. The SMILES string of the molecule is CCNc1ncc(Cl)c(Oc2ccc(CCO)cc2)n1. The summed E-state index contributed by atoms with van der Waals surface area (Å²) < 4.78 is 5.64. The highest BCUT2D eigenvalue weighted by Gasteiger charge is 2.07. The van der Waals surface area contributed by atoms with E-state index >= 15 is 0 Å². The van der Waals surface area contributed by atoms with E-state index in [0.717, 1.165) is 12.1 Å². The van der Waals surface area contributed by atoms with E-state index in [9.17, 15) is 0 Å². The van der Waals surface area contributed by atoms with Gasteiger partial charge in [-0.15, -0.1) is 0 Å². The summed E-state index contributed by atoms with van der Waals surface area (Å²) in [5.41, 5.74) is 1.04. The van der Waals surface area contributed by atoms with Crippen molar-refractivity contribution < 1.29 is 9.84 Å². The van der Waals surface area contributed by atoms with Gasteiger partial charge in [0.05, 0.1) is 6.20 Å². The molecule has 0 unspecified atom stereocenters. The lowest BCUT2D eigenvalue weighted by atomic mass is 10.1. The Labute approximate surface area is 122 Å². The van der Waals surface area contributed by atoms with Crippen molar-refractivity contribution in [3.05, 3.63) is 41.0 Å². The third kappa shape index (κ3) is 3.82. The van der Waals surface area contributed by atoms with E-state index in [1.165, 1.54) is 6.20 Å². The van der Waals surface area contributed by atoms with Gasteiger partial charge in [0.2, 0.25) is 11.8 Å². The Morgan fingerprint density at radius 2 is 2.05 bits per heavy atom. The van der Waals surface area contributed by atoms with Crippen LogP contribution in [-0.2, 0) is 6.42 Å². The van der Waals surface area contributed by atoms with Gasteiger partial charge in [-0.2, -0.15) is 4.98 Å². The van der Waals surface area contributed by atoms with Crippen molar-refractivity contribution in [2.75, 3.05) is 18.5 Å². The molecule has 2 N–H and O–H groups in total. The first kappa shape index (κ1) is 14.6. The first-order valence-electron chi connectivity index (χ1n) is 6.37. The van der Waals surface area contributed by atoms with Crippen LogP contribution in [0, 0.1) is 0 Å². The highest BCUT2D eigenvalue weighted by atomic mass is 35.5. The van der Waals surface area contributed by atoms with Gasteiger partial charge in [0, 0.05) is 13.2 Å². The minimum Gasteiger partial charge on any atom is -0.437 e. The Bertz CT molecular complexity index is 561. The number of ether oxygens (including phenoxy) is 1. The van der Waals surface area contributed by atoms with E-state index in [2.05, 4.69) is 15.3 Å². The third-order valence-electron chi connectivity index (χ3n) is 2.59. The molecule has 0 saturated carbocycles. The number of benzene rings is 1. The van der Waals surface area contributed by atoms with Gasteiger partial charge in [-0.25, -0.2) is 4.98 Å². The molecule has 0 spiro atoms. The van der Waals surface area contributed by atoms with Crippen molar-refractivity contribution in [2.24, 2.45) is 0 Å². The van der Waals surface area contributed by atoms with Crippen molar-refractivity contribution in [1.82, 2.24) is 9.97 Å². The highest BCUT2D eigenvalue weighted by Crippen LogP contribution is 2.27. The molecule has 2 rings (SSSR count). The van der Waals surface area contributed by atoms with Crippen molar-refractivity contribution >= 4 is 17.5 Å². The number of nitrogens with one attached hydrogen (secondary N) is 1. The lowest BCUT2D eigenvalue weighted by Crippen LogP contribution is -2.03. The fraction of sp³-hybridized carbons (Fsp3) is 0.286. The molecule has 0 atom stereocenters. The van der Waals surface area contributed by atoms with Crippen LogP contribution in [0.25, 0.3) is 0 Å². The lowest BCUT2D eigenvalue weighted by Gasteiger charge is -2.08. The van der Waals surface area contributed by atoms with Crippen molar-refractivity contribution in [3.63, 3.8) is 0 Å². The van der Waals surface area contributed by atoms with Crippen LogP contribution < -0.4 is 10.1 Å². The molecular formula is C14H16ClN3O2. The van der Waals surface area contributed by atoms with E-state index in [-0.39, 0.29) is 6.61 Å². The van der Waals surface area contributed by atoms with Crippen LogP contribution in [0.5, 0.6) is 11.6 Å². The summed E-state index contributed by atoms with van der Waals surface area (Å²) in [7, 11) is 0. The normalized spacial score (nSPS) is 10.3. The Balaban J connectivity index is 2.14. The topological polar surface area (TPSA) is 67.3 Å². The molecule has 20 heavy (non-hydrogen) atoms. The fourth-order valence-corrected chi connectivity index (χ4v) is 1.76. The van der Waals surface area contributed by atoms with E-state index in [1.807, 2.05) is 31.2 Å². The molecule has 0 fully saturated rings. The van der Waals surface area contributed by atoms with Crippen LogP contribution in [0.15, 0.2) is 30.5 Å². The number of hydrogen-bond donors (Lipinski definition) is 2. The molecule has 106 valence electrons. The zero-order chi connectivity index (χ0) is 14.4. The molecule has 1 heterocycles. The maximum atomic E-state index is 8.87. The number of rotatable bonds is 6. The predicted molar refractivity (Wildman–Crippen MR) is 78.5 cm³/mol. The summed E-state index contributed by atoms with van der Waals surface area (Å²) in [6.07, 6.45) is 2.13. The quantitative estimate of drug-likeness (QED) is 0.857. The number of aliphatic hydroxyl groups excluding tert-OH is 1. The average Bonchev–Trinajstić information content (AvgIpc) is 2.45. The van der Waals surface area contributed by atoms with Gasteiger partial charge in [-0.05, 0) is 31.0 Å². The molecule has 0 radical (unpaired) electrons. The van der Waals surface area contributed by atoms with Gasteiger partial charge in [-0.3, -0.25) is 0 Å². The fourth-order valence-electron chi connectivity index (χ4n) is 1.63. The summed E-state index contributed by atoms with van der Waals surface area (Å²) in [4.78, 5) is 8.25. The van der Waals surface area contributed by atoms with Crippen LogP contribution in [0.1, 0.15) is 12.5 Å². The molecule has 5 nitrogen and oxygen atoms in total. The second-order valence-electron chi connectivity index (χ2n) is 4.10. The van der Waals surface area contributed by atoms with Gasteiger partial charge in [0.1, 0.15) is 10.8 Å². The van der Waals surface area contributed by atoms with Crippen molar-refractivity contribution in [2.45, 2.75) is 13.3 Å². The number of aliphatic hydroxyl groups is 1. The number of nitrogens with zero attached hydrogens (tertiary/aromatic N) is 2.